The van der Waals surface area contributed by atoms with Gasteiger partial charge in [-0.1, -0.05) is 93.9 Å². The minimum atomic E-state index is -0.0341. The molecule has 1 atom stereocenters. The maximum atomic E-state index is 6.40. The van der Waals surface area contributed by atoms with E-state index >= 15 is 0 Å². The van der Waals surface area contributed by atoms with Gasteiger partial charge in [0.15, 0.2) is 0 Å². The van der Waals surface area contributed by atoms with Gasteiger partial charge in [0.25, 0.3) is 0 Å². The van der Waals surface area contributed by atoms with Crippen molar-refractivity contribution >= 4 is 87.4 Å². The zero-order valence-electron chi connectivity index (χ0n) is 14.1. The lowest BCUT2D eigenvalue weighted by Gasteiger charge is -2.17. The van der Waals surface area contributed by atoms with E-state index < -0.39 is 0 Å². The summed E-state index contributed by atoms with van der Waals surface area (Å²) in [5.74, 6) is 0. The zero-order valence-corrected chi connectivity index (χ0v) is 19.4. The van der Waals surface area contributed by atoms with Crippen molar-refractivity contribution in [3.8, 4) is 0 Å². The third kappa shape index (κ3) is 5.34. The molecule has 0 saturated carbocycles. The van der Waals surface area contributed by atoms with E-state index in [9.17, 15) is 0 Å². The second kappa shape index (κ2) is 9.99. The fourth-order valence-electron chi connectivity index (χ4n) is 2.37. The molecule has 3 aromatic rings. The molecule has 28 heavy (non-hydrogen) atoms. The van der Waals surface area contributed by atoms with E-state index in [1.165, 1.54) is 11.8 Å². The minimum absolute atomic E-state index is 0.0341. The number of thioether (sulfide) groups is 1. The van der Waals surface area contributed by atoms with E-state index in [-0.39, 0.29) is 30.4 Å². The first kappa shape index (κ1) is 22.2. The Morgan fingerprint density at radius 1 is 0.893 bits per heavy atom. The first-order valence-corrected chi connectivity index (χ1v) is 11.1. The summed E-state index contributed by atoms with van der Waals surface area (Å²) in [5, 5.41) is 1.72. The normalized spacial score (nSPS) is 12.6. The maximum Gasteiger partial charge on any atom is 0.0946 e. The number of benzene rings is 2. The highest BCUT2D eigenvalue weighted by atomic mass is 35.5. The summed E-state index contributed by atoms with van der Waals surface area (Å²) in [7, 11) is 0. The molecule has 0 fully saturated rings. The van der Waals surface area contributed by atoms with Gasteiger partial charge in [-0.3, -0.25) is 0 Å². The van der Waals surface area contributed by atoms with Crippen molar-refractivity contribution in [2.75, 3.05) is 0 Å². The smallest absolute Gasteiger partial charge is 0.0946 e. The molecule has 0 N–H and O–H groups in total. The topological polar surface area (TPSA) is 17.8 Å². The number of hydrogen-bond acceptors (Lipinski definition) is 2. The monoisotopic (exact) mass is 510 g/mol. The van der Waals surface area contributed by atoms with Crippen LogP contribution in [-0.2, 0) is 6.54 Å². The van der Waals surface area contributed by atoms with Crippen molar-refractivity contribution < 1.29 is 0 Å². The molecular weight excluding hydrogens is 501 g/mol. The Morgan fingerprint density at radius 3 is 2.07 bits per heavy atom. The molecule has 0 amide bonds. The van der Waals surface area contributed by atoms with Crippen LogP contribution >= 0.6 is 81.4 Å². The molecule has 0 radical (unpaired) electrons. The first-order chi connectivity index (χ1) is 13.4. The van der Waals surface area contributed by atoms with E-state index in [4.69, 9.17) is 69.6 Å². The van der Waals surface area contributed by atoms with Crippen LogP contribution in [0.1, 0.15) is 5.56 Å². The Kier molecular flexibility index (Phi) is 7.91. The van der Waals surface area contributed by atoms with Crippen LogP contribution in [0.5, 0.6) is 0 Å². The Balaban J connectivity index is 1.92. The Hall–Kier alpha value is -0.520. The van der Waals surface area contributed by atoms with Crippen LogP contribution in [-0.4, -0.2) is 14.8 Å². The van der Waals surface area contributed by atoms with Crippen molar-refractivity contribution in [1.29, 1.82) is 0 Å². The lowest BCUT2D eigenvalue weighted by atomic mass is 10.2. The van der Waals surface area contributed by atoms with E-state index in [1.54, 1.807) is 12.5 Å². The molecule has 0 bridgehead atoms. The molecule has 0 spiro atoms. The van der Waals surface area contributed by atoms with Crippen LogP contribution in [0.2, 0.25) is 30.1 Å². The van der Waals surface area contributed by atoms with Gasteiger partial charge in [-0.15, -0.1) is 11.8 Å². The molecule has 0 saturated heterocycles. The highest BCUT2D eigenvalue weighted by molar-refractivity contribution is 8.00. The van der Waals surface area contributed by atoms with Crippen molar-refractivity contribution in [2.24, 2.45) is 0 Å². The average molecular weight is 513 g/mol. The number of nitrogens with zero attached hydrogens (tertiary/aromatic N) is 2. The first-order valence-electron chi connectivity index (χ1n) is 7.94. The summed E-state index contributed by atoms with van der Waals surface area (Å²) >= 11 is 38.7. The second-order valence-corrected chi connectivity index (χ2v) is 9.30. The Morgan fingerprint density at radius 2 is 1.50 bits per heavy atom. The number of halogens is 6. The highest BCUT2D eigenvalue weighted by Gasteiger charge is 2.22. The van der Waals surface area contributed by atoms with Crippen LogP contribution in [0.25, 0.3) is 6.08 Å². The van der Waals surface area contributed by atoms with E-state index in [0.717, 1.165) is 5.56 Å². The van der Waals surface area contributed by atoms with Crippen LogP contribution < -0.4 is 0 Å². The number of hydrogen-bond donors (Lipinski definition) is 0. The lowest BCUT2D eigenvalue weighted by molar-refractivity contribution is 0.721. The van der Waals surface area contributed by atoms with Crippen molar-refractivity contribution in [3.05, 3.63) is 84.8 Å². The van der Waals surface area contributed by atoms with Crippen LogP contribution in [0.3, 0.4) is 0 Å². The van der Waals surface area contributed by atoms with Gasteiger partial charge in [0.1, 0.15) is 0 Å². The molecule has 1 unspecified atom stereocenters. The Labute approximate surface area is 197 Å². The molecule has 9 heteroatoms. The van der Waals surface area contributed by atoms with Gasteiger partial charge in [-0.25, -0.2) is 4.98 Å². The van der Waals surface area contributed by atoms with E-state index in [2.05, 4.69) is 11.1 Å². The third-order valence-corrected chi connectivity index (χ3v) is 7.77. The molecule has 146 valence electrons. The average Bonchev–Trinajstić information content (AvgIpc) is 3.20. The van der Waals surface area contributed by atoms with Crippen molar-refractivity contribution in [1.82, 2.24) is 9.55 Å². The molecule has 0 aliphatic carbocycles. The quantitative estimate of drug-likeness (QED) is 0.187. The van der Waals surface area contributed by atoms with Gasteiger partial charge in [0.2, 0.25) is 0 Å². The van der Waals surface area contributed by atoms with Crippen LogP contribution in [0.4, 0.5) is 0 Å². The standard InChI is InChI=1S/C19H12Cl6N2S/c20-12-4-1-11(2-5-12)3-6-13(9-27-8-7-26-10-27)28-19-17(24)15(22)14(21)16(23)18(19)25/h1-8,10,13H,9H2. The van der Waals surface area contributed by atoms with Gasteiger partial charge in [-0.2, -0.15) is 0 Å². The summed E-state index contributed by atoms with van der Waals surface area (Å²) in [6, 6.07) is 7.55. The number of rotatable bonds is 6. The van der Waals surface area contributed by atoms with Gasteiger partial charge in [0.05, 0.1) is 31.4 Å². The summed E-state index contributed by atoms with van der Waals surface area (Å²) in [6.45, 7) is 0.638. The molecule has 0 aliphatic rings. The van der Waals surface area contributed by atoms with Crippen molar-refractivity contribution in [3.63, 3.8) is 0 Å². The number of imidazole rings is 1. The van der Waals surface area contributed by atoms with Gasteiger partial charge in [-0.05, 0) is 17.7 Å². The molecular formula is C19H12Cl6N2S. The second-order valence-electron chi connectivity index (χ2n) is 5.73. The van der Waals surface area contributed by atoms with Gasteiger partial charge in [0, 0.05) is 34.1 Å². The highest BCUT2D eigenvalue weighted by Crippen LogP contribution is 2.49. The molecule has 2 aromatic carbocycles. The molecule has 1 heterocycles. The van der Waals surface area contributed by atoms with E-state index in [1.807, 2.05) is 41.1 Å². The summed E-state index contributed by atoms with van der Waals surface area (Å²) < 4.78 is 1.96. The van der Waals surface area contributed by atoms with Crippen LogP contribution in [0, 0.1) is 0 Å². The van der Waals surface area contributed by atoms with Crippen molar-refractivity contribution in [2.45, 2.75) is 16.7 Å². The largest absolute Gasteiger partial charge is 0.336 e. The zero-order chi connectivity index (χ0) is 20.3. The summed E-state index contributed by atoms with van der Waals surface area (Å²) in [5.41, 5.74) is 1.02. The van der Waals surface area contributed by atoms with E-state index in [0.29, 0.717) is 16.5 Å². The summed E-state index contributed by atoms with van der Waals surface area (Å²) in [6.07, 6.45) is 9.41. The predicted molar refractivity (Wildman–Crippen MR) is 124 cm³/mol. The molecule has 2 nitrogen and oxygen atoms in total. The lowest BCUT2D eigenvalue weighted by Crippen LogP contribution is -2.09. The molecule has 1 aromatic heterocycles. The minimum Gasteiger partial charge on any atom is -0.336 e. The molecule has 0 aliphatic heterocycles. The number of aromatic nitrogens is 2. The van der Waals surface area contributed by atoms with Gasteiger partial charge < -0.3 is 4.57 Å². The maximum absolute atomic E-state index is 6.40. The summed E-state index contributed by atoms with van der Waals surface area (Å²) in [4.78, 5) is 4.67. The predicted octanol–water partition coefficient (Wildman–Crippen LogP) is 8.68. The SMILES string of the molecule is Clc1ccc(C=CC(Cn2ccnc2)Sc2c(Cl)c(Cl)c(Cl)c(Cl)c2Cl)cc1. The van der Waals surface area contributed by atoms with Gasteiger partial charge >= 0.3 is 0 Å². The fourth-order valence-corrected chi connectivity index (χ4v) is 5.13. The third-order valence-electron chi connectivity index (χ3n) is 3.76. The molecule has 3 rings (SSSR count). The fraction of sp³-hybridized carbons (Fsp3) is 0.105. The Bertz CT molecular complexity index is 958. The van der Waals surface area contributed by atoms with Crippen LogP contribution in [0.15, 0.2) is 54.0 Å².